The van der Waals surface area contributed by atoms with Crippen molar-refractivity contribution in [1.29, 1.82) is 0 Å². The van der Waals surface area contributed by atoms with Gasteiger partial charge in [0.2, 0.25) is 0 Å². The maximum Gasteiger partial charge on any atom is 0.270 e. The lowest BCUT2D eigenvalue weighted by molar-refractivity contribution is 0.0926. The minimum absolute atomic E-state index is 0.0691. The normalized spacial score (nSPS) is 28.1. The van der Waals surface area contributed by atoms with Crippen molar-refractivity contribution in [1.82, 2.24) is 15.6 Å². The van der Waals surface area contributed by atoms with Crippen LogP contribution in [-0.4, -0.2) is 29.0 Å². The maximum absolute atomic E-state index is 12.3. The minimum Gasteiger partial charge on any atom is -0.346 e. The van der Waals surface area contributed by atoms with Crippen LogP contribution in [-0.2, 0) is 0 Å². The zero-order chi connectivity index (χ0) is 13.7. The number of hydrogen-bond donors (Lipinski definition) is 3. The van der Waals surface area contributed by atoms with Crippen LogP contribution in [0.15, 0.2) is 22.5 Å². The van der Waals surface area contributed by atoms with Crippen LogP contribution < -0.4 is 10.6 Å². The van der Waals surface area contributed by atoms with Crippen molar-refractivity contribution in [3.8, 4) is 0 Å². The lowest BCUT2D eigenvalue weighted by Crippen LogP contribution is -2.43. The monoisotopic (exact) mass is 305 g/mol. The van der Waals surface area contributed by atoms with Crippen LogP contribution in [0.25, 0.3) is 10.1 Å². The molecular weight excluding hydrogens is 290 g/mol. The van der Waals surface area contributed by atoms with Gasteiger partial charge in [-0.05, 0) is 31.4 Å². The Hall–Kier alpha value is -1.11. The summed E-state index contributed by atoms with van der Waals surface area (Å²) < 4.78 is 2.00. The van der Waals surface area contributed by atoms with Gasteiger partial charge in [0.05, 0.1) is 4.21 Å². The van der Waals surface area contributed by atoms with Gasteiger partial charge in [-0.3, -0.25) is 9.78 Å². The van der Waals surface area contributed by atoms with Crippen molar-refractivity contribution < 1.29 is 4.79 Å². The fourth-order valence-corrected chi connectivity index (χ4v) is 4.51. The smallest absolute Gasteiger partial charge is 0.270 e. The highest BCUT2D eigenvalue weighted by molar-refractivity contribution is 7.83. The van der Waals surface area contributed by atoms with Gasteiger partial charge < -0.3 is 10.6 Å². The summed E-state index contributed by atoms with van der Waals surface area (Å²) >= 11 is 5.90. The molecule has 6 heteroatoms. The van der Waals surface area contributed by atoms with Gasteiger partial charge in [0, 0.05) is 34.4 Å². The molecule has 4 rings (SSSR count). The van der Waals surface area contributed by atoms with E-state index < -0.39 is 0 Å². The van der Waals surface area contributed by atoms with Crippen molar-refractivity contribution in [2.24, 2.45) is 0 Å². The molecule has 2 bridgehead atoms. The Bertz CT molecular complexity index is 684. The van der Waals surface area contributed by atoms with Gasteiger partial charge in [-0.1, -0.05) is 0 Å². The molecule has 0 aromatic carbocycles. The summed E-state index contributed by atoms with van der Waals surface area (Å²) in [6.45, 7) is 0. The van der Waals surface area contributed by atoms with E-state index >= 15 is 0 Å². The van der Waals surface area contributed by atoms with Crippen LogP contribution in [0.2, 0.25) is 0 Å². The molecule has 0 spiro atoms. The van der Waals surface area contributed by atoms with Gasteiger partial charge >= 0.3 is 0 Å². The summed E-state index contributed by atoms with van der Waals surface area (Å²) in [6, 6.07) is 5.11. The van der Waals surface area contributed by atoms with Crippen molar-refractivity contribution in [2.45, 2.75) is 41.6 Å². The van der Waals surface area contributed by atoms with E-state index in [2.05, 4.69) is 28.2 Å². The molecule has 0 saturated carbocycles. The molecule has 2 N–H and O–H groups in total. The van der Waals surface area contributed by atoms with E-state index in [4.69, 9.17) is 0 Å². The largest absolute Gasteiger partial charge is 0.346 e. The van der Waals surface area contributed by atoms with Gasteiger partial charge in [-0.25, -0.2) is 0 Å². The van der Waals surface area contributed by atoms with Gasteiger partial charge in [0.15, 0.2) is 0 Å². The molecule has 0 unspecified atom stereocenters. The van der Waals surface area contributed by atoms with Crippen molar-refractivity contribution in [3.63, 3.8) is 0 Å². The number of carbonyl (C=O) groups is 1. The third-order valence-corrected chi connectivity index (χ3v) is 5.54. The SMILES string of the molecule is O=C(N[C@@H]1C[C@H]2CC[C@@H]1N2)c1cc2sc(S)cc2cn1. The van der Waals surface area contributed by atoms with Crippen LogP contribution >= 0.6 is 24.0 Å². The Morgan fingerprint density at radius 2 is 2.35 bits per heavy atom. The summed E-state index contributed by atoms with van der Waals surface area (Å²) in [4.78, 5) is 16.6. The van der Waals surface area contributed by atoms with Crippen LogP contribution in [0.5, 0.6) is 0 Å². The van der Waals surface area contributed by atoms with Gasteiger partial charge in [-0.15, -0.1) is 24.0 Å². The highest BCUT2D eigenvalue weighted by atomic mass is 32.2. The van der Waals surface area contributed by atoms with E-state index in [-0.39, 0.29) is 11.9 Å². The Balaban J connectivity index is 1.54. The zero-order valence-electron chi connectivity index (χ0n) is 10.8. The average molecular weight is 305 g/mol. The van der Waals surface area contributed by atoms with Gasteiger partial charge in [0.25, 0.3) is 5.91 Å². The average Bonchev–Trinajstić information content (AvgIpc) is 3.10. The molecule has 1 amide bonds. The van der Waals surface area contributed by atoms with Crippen molar-refractivity contribution in [2.75, 3.05) is 0 Å². The molecule has 2 aromatic rings. The Labute approximate surface area is 126 Å². The van der Waals surface area contributed by atoms with E-state index in [1.807, 2.05) is 12.1 Å². The van der Waals surface area contributed by atoms with Gasteiger partial charge in [0.1, 0.15) is 5.69 Å². The first-order valence-corrected chi connectivity index (χ1v) is 8.11. The van der Waals surface area contributed by atoms with Crippen molar-refractivity contribution in [3.05, 3.63) is 24.0 Å². The topological polar surface area (TPSA) is 54.0 Å². The Morgan fingerprint density at radius 1 is 1.45 bits per heavy atom. The number of carbonyl (C=O) groups excluding carboxylic acids is 1. The second-order valence-corrected chi connectivity index (χ2v) is 7.42. The van der Waals surface area contributed by atoms with E-state index in [0.717, 1.165) is 27.1 Å². The molecule has 2 fully saturated rings. The van der Waals surface area contributed by atoms with Crippen LogP contribution in [0, 0.1) is 0 Å². The second kappa shape index (κ2) is 4.72. The highest BCUT2D eigenvalue weighted by Gasteiger charge is 2.39. The number of hydrogen-bond acceptors (Lipinski definition) is 5. The first kappa shape index (κ1) is 12.6. The molecule has 2 saturated heterocycles. The molecule has 4 heterocycles. The fraction of sp³-hybridized carbons (Fsp3) is 0.429. The third-order valence-electron chi connectivity index (χ3n) is 4.24. The number of rotatable bonds is 2. The number of nitrogens with one attached hydrogen (secondary N) is 2. The number of pyridine rings is 1. The molecule has 0 aliphatic carbocycles. The first-order chi connectivity index (χ1) is 9.69. The minimum atomic E-state index is -0.0691. The number of amides is 1. The summed E-state index contributed by atoms with van der Waals surface area (Å²) in [5.41, 5.74) is 0.496. The van der Waals surface area contributed by atoms with Crippen LogP contribution in [0.4, 0.5) is 0 Å². The lowest BCUT2D eigenvalue weighted by atomic mass is 9.95. The van der Waals surface area contributed by atoms with E-state index in [1.165, 1.54) is 6.42 Å². The van der Waals surface area contributed by atoms with Crippen LogP contribution in [0.1, 0.15) is 29.8 Å². The molecular formula is C14H15N3OS2. The standard InChI is InChI=1S/C14H15N3OS2/c18-14(17-10-4-8-1-2-9(10)16-8)11-5-12-7(6-15-11)3-13(19)20-12/h3,5-6,8-10,16,19H,1-2,4H2,(H,17,18)/t8-,9+,10-/m1/s1. The Kier molecular flexibility index (Phi) is 2.98. The predicted molar refractivity (Wildman–Crippen MR) is 82.7 cm³/mol. The summed E-state index contributed by atoms with van der Waals surface area (Å²) in [7, 11) is 0. The fourth-order valence-electron chi connectivity index (χ4n) is 3.27. The molecule has 20 heavy (non-hydrogen) atoms. The highest BCUT2D eigenvalue weighted by Crippen LogP contribution is 2.29. The molecule has 2 aliphatic heterocycles. The third kappa shape index (κ3) is 2.12. The molecule has 0 radical (unpaired) electrons. The number of nitrogens with zero attached hydrogens (tertiary/aromatic N) is 1. The zero-order valence-corrected chi connectivity index (χ0v) is 12.5. The second-order valence-electron chi connectivity index (χ2n) is 5.56. The van der Waals surface area contributed by atoms with E-state index in [1.54, 1.807) is 17.5 Å². The summed E-state index contributed by atoms with van der Waals surface area (Å²) in [6.07, 6.45) is 5.19. The van der Waals surface area contributed by atoms with E-state index in [0.29, 0.717) is 17.8 Å². The summed E-state index contributed by atoms with van der Waals surface area (Å²) in [5, 5.41) is 7.68. The van der Waals surface area contributed by atoms with Gasteiger partial charge in [-0.2, -0.15) is 0 Å². The lowest BCUT2D eigenvalue weighted by Gasteiger charge is -2.21. The number of thiophene rings is 1. The predicted octanol–water partition coefficient (Wildman–Crippen LogP) is 2.21. The number of aromatic nitrogens is 1. The molecule has 2 aliphatic rings. The Morgan fingerprint density at radius 3 is 3.10 bits per heavy atom. The van der Waals surface area contributed by atoms with Crippen LogP contribution in [0.3, 0.4) is 0 Å². The molecule has 2 aromatic heterocycles. The maximum atomic E-state index is 12.3. The van der Waals surface area contributed by atoms with E-state index in [9.17, 15) is 4.79 Å². The first-order valence-electron chi connectivity index (χ1n) is 6.84. The molecule has 104 valence electrons. The molecule has 4 nitrogen and oxygen atoms in total. The number of thiol groups is 1. The number of fused-ring (bicyclic) bond motifs is 3. The van der Waals surface area contributed by atoms with Crippen molar-refractivity contribution >= 4 is 40.0 Å². The molecule has 3 atom stereocenters. The summed E-state index contributed by atoms with van der Waals surface area (Å²) in [5.74, 6) is -0.0691. The quantitative estimate of drug-likeness (QED) is 0.746.